The predicted octanol–water partition coefficient (Wildman–Crippen LogP) is 2.07. The van der Waals surface area contributed by atoms with Crippen LogP contribution in [0.15, 0.2) is 53.6 Å². The largest absolute Gasteiger partial charge is 0.391 e. The minimum atomic E-state index is -3.05. The molecule has 0 aromatic heterocycles. The van der Waals surface area contributed by atoms with Crippen LogP contribution in [0.2, 0.25) is 5.02 Å². The lowest BCUT2D eigenvalue weighted by atomic mass is 9.82. The summed E-state index contributed by atoms with van der Waals surface area (Å²) in [5, 5.41) is 26.2. The number of aliphatic hydroxyl groups excluding tert-OH is 2. The molecule has 3 atom stereocenters. The normalized spacial score (nSPS) is 19.3. The molecule has 0 amide bonds. The molecule has 162 valence electrons. The summed E-state index contributed by atoms with van der Waals surface area (Å²) in [7, 11) is -3.05. The topological polar surface area (TPSA) is 116 Å². The first-order valence-corrected chi connectivity index (χ1v) is 11.3. The Labute approximate surface area is 182 Å². The van der Waals surface area contributed by atoms with E-state index in [2.05, 4.69) is 5.10 Å². The van der Waals surface area contributed by atoms with Crippen LogP contribution in [0, 0.1) is 0 Å². The Balaban J connectivity index is 1.87. The number of nitrogens with two attached hydrogens (primary N) is 1. The van der Waals surface area contributed by atoms with Gasteiger partial charge in [0.2, 0.25) is 0 Å². The summed E-state index contributed by atoms with van der Waals surface area (Å²) in [6.07, 6.45) is -1.70. The van der Waals surface area contributed by atoms with Gasteiger partial charge in [0.15, 0.2) is 0 Å². The van der Waals surface area contributed by atoms with E-state index in [9.17, 15) is 18.6 Å². The summed E-state index contributed by atoms with van der Waals surface area (Å²) in [4.78, 5) is 0. The van der Waals surface area contributed by atoms with Crippen LogP contribution in [0.3, 0.4) is 0 Å². The maximum absolute atomic E-state index is 12.0. The van der Waals surface area contributed by atoms with Gasteiger partial charge in [-0.05, 0) is 49.2 Å². The first-order chi connectivity index (χ1) is 14.1. The smallest absolute Gasteiger partial charge is 0.149 e. The number of rotatable bonds is 7. The molecule has 4 N–H and O–H groups in total. The Bertz CT molecular complexity index is 972. The molecule has 0 aliphatic carbocycles. The summed E-state index contributed by atoms with van der Waals surface area (Å²) in [6.45, 7) is 3.45. The molecule has 2 aromatic rings. The molecule has 3 unspecified atom stereocenters. The molecule has 3 rings (SSSR count). The average Bonchev–Trinajstić information content (AvgIpc) is 3.18. The molecule has 0 fully saturated rings. The summed E-state index contributed by atoms with van der Waals surface area (Å²) < 4.78 is 24.0. The molecule has 0 saturated heterocycles. The minimum Gasteiger partial charge on any atom is -0.391 e. The molecular weight excluding hydrogens is 426 g/mol. The molecule has 1 aliphatic heterocycles. The van der Waals surface area contributed by atoms with Crippen molar-refractivity contribution in [2.75, 3.05) is 11.6 Å². The van der Waals surface area contributed by atoms with E-state index in [0.717, 1.165) is 23.4 Å². The molecule has 0 saturated carbocycles. The summed E-state index contributed by atoms with van der Waals surface area (Å²) in [5.74, 6) is 0. The van der Waals surface area contributed by atoms with E-state index in [4.69, 9.17) is 17.3 Å². The maximum Gasteiger partial charge on any atom is 0.149 e. The van der Waals surface area contributed by atoms with Crippen molar-refractivity contribution < 1.29 is 18.6 Å². The Hall–Kier alpha value is -1.97. The van der Waals surface area contributed by atoms with E-state index < -0.39 is 33.7 Å². The van der Waals surface area contributed by atoms with Gasteiger partial charge in [0.25, 0.3) is 0 Å². The fourth-order valence-corrected chi connectivity index (χ4v) is 5.05. The quantitative estimate of drug-likeness (QED) is 0.479. The molecule has 1 heterocycles. The number of benzene rings is 2. The number of hydrogen-bond donors (Lipinski definition) is 4. The highest BCUT2D eigenvalue weighted by atomic mass is 35.5. The SMILES string of the molecule is CC(O)C(N)(C(C)O)C(c1ccc(N2CCC(c3ccc(Cl)cc3)=N2)cc1)[SH](=O)=O. The van der Waals surface area contributed by atoms with Crippen LogP contribution in [0.4, 0.5) is 5.69 Å². The van der Waals surface area contributed by atoms with Gasteiger partial charge in [-0.3, -0.25) is 5.01 Å². The Kier molecular flexibility index (Phi) is 6.84. The molecular formula is C21H26ClN3O4S. The lowest BCUT2D eigenvalue weighted by Crippen LogP contribution is -2.61. The van der Waals surface area contributed by atoms with Crippen LogP contribution in [-0.4, -0.2) is 48.6 Å². The zero-order valence-corrected chi connectivity index (χ0v) is 18.4. The van der Waals surface area contributed by atoms with Gasteiger partial charge in [0.1, 0.15) is 16.0 Å². The predicted molar refractivity (Wildman–Crippen MR) is 120 cm³/mol. The lowest BCUT2D eigenvalue weighted by molar-refractivity contribution is 0.00492. The first kappa shape index (κ1) is 22.7. The molecule has 0 radical (unpaired) electrons. The number of anilines is 1. The Morgan fingerprint density at radius 2 is 1.63 bits per heavy atom. The third-order valence-electron chi connectivity index (χ3n) is 5.62. The number of hydrazone groups is 1. The van der Waals surface area contributed by atoms with Crippen molar-refractivity contribution in [2.45, 2.75) is 43.3 Å². The second-order valence-electron chi connectivity index (χ2n) is 7.56. The zero-order valence-electron chi connectivity index (χ0n) is 16.8. The second-order valence-corrected chi connectivity index (χ2v) is 9.08. The summed E-state index contributed by atoms with van der Waals surface area (Å²) in [6, 6.07) is 14.3. The van der Waals surface area contributed by atoms with Crippen LogP contribution in [0.1, 0.15) is 36.6 Å². The van der Waals surface area contributed by atoms with Crippen molar-refractivity contribution in [1.29, 1.82) is 0 Å². The molecule has 1 aliphatic rings. The molecule has 9 heteroatoms. The zero-order chi connectivity index (χ0) is 22.1. The average molecular weight is 452 g/mol. The second kappa shape index (κ2) is 9.03. The van der Waals surface area contributed by atoms with Crippen LogP contribution in [0.25, 0.3) is 0 Å². The molecule has 7 nitrogen and oxygen atoms in total. The minimum absolute atomic E-state index is 0.403. The van der Waals surface area contributed by atoms with Gasteiger partial charge in [-0.15, -0.1) is 0 Å². The summed E-state index contributed by atoms with van der Waals surface area (Å²) >= 11 is 5.94. The lowest BCUT2D eigenvalue weighted by Gasteiger charge is -2.39. The number of nitrogens with zero attached hydrogens (tertiary/aromatic N) is 2. The number of halogens is 1. The van der Waals surface area contributed by atoms with Gasteiger partial charge in [-0.25, -0.2) is 8.42 Å². The van der Waals surface area contributed by atoms with E-state index in [1.807, 2.05) is 29.3 Å². The van der Waals surface area contributed by atoms with Crippen LogP contribution in [-0.2, 0) is 10.7 Å². The molecule has 30 heavy (non-hydrogen) atoms. The van der Waals surface area contributed by atoms with Gasteiger partial charge >= 0.3 is 0 Å². The van der Waals surface area contributed by atoms with Gasteiger partial charge in [-0.1, -0.05) is 35.9 Å². The highest BCUT2D eigenvalue weighted by Gasteiger charge is 2.46. The van der Waals surface area contributed by atoms with Gasteiger partial charge in [0, 0.05) is 18.0 Å². The fraction of sp³-hybridized carbons (Fsp3) is 0.381. The van der Waals surface area contributed by atoms with Gasteiger partial charge in [0.05, 0.1) is 29.1 Å². The van der Waals surface area contributed by atoms with Crippen molar-refractivity contribution in [1.82, 2.24) is 0 Å². The van der Waals surface area contributed by atoms with Crippen LogP contribution >= 0.6 is 11.6 Å². The van der Waals surface area contributed by atoms with Crippen LogP contribution in [0.5, 0.6) is 0 Å². The fourth-order valence-electron chi connectivity index (χ4n) is 3.72. The standard InChI is InChI=1S/C21H26ClN3O4S/c1-13(26)21(23,14(2)27)20(30(28)29)16-5-9-18(10-6-16)25-12-11-19(24-25)15-3-7-17(22)8-4-15/h3-10,13-14,20,26-27,30H,11-12,23H2,1-2H3. The monoisotopic (exact) mass is 451 g/mol. The van der Waals surface area contributed by atoms with E-state index in [-0.39, 0.29) is 0 Å². The van der Waals surface area contributed by atoms with Crippen LogP contribution < -0.4 is 10.7 Å². The van der Waals surface area contributed by atoms with Crippen molar-refractivity contribution in [3.05, 3.63) is 64.7 Å². The third-order valence-corrected chi connectivity index (χ3v) is 7.04. The van der Waals surface area contributed by atoms with Gasteiger partial charge < -0.3 is 15.9 Å². The molecule has 2 aromatic carbocycles. The van der Waals surface area contributed by atoms with Crippen molar-refractivity contribution in [3.8, 4) is 0 Å². The van der Waals surface area contributed by atoms with E-state index in [1.54, 1.807) is 24.3 Å². The van der Waals surface area contributed by atoms with Crippen molar-refractivity contribution in [2.24, 2.45) is 10.8 Å². The number of aliphatic hydroxyl groups is 2. The van der Waals surface area contributed by atoms with E-state index in [0.29, 0.717) is 17.1 Å². The Morgan fingerprint density at radius 3 is 2.13 bits per heavy atom. The third kappa shape index (κ3) is 4.38. The highest BCUT2D eigenvalue weighted by molar-refractivity contribution is 7.72. The molecule has 0 spiro atoms. The Morgan fingerprint density at radius 1 is 1.07 bits per heavy atom. The molecule has 0 bridgehead atoms. The van der Waals surface area contributed by atoms with E-state index in [1.165, 1.54) is 13.8 Å². The van der Waals surface area contributed by atoms with Crippen molar-refractivity contribution >= 4 is 33.7 Å². The number of thiol groups is 1. The number of hydrogen-bond acceptors (Lipinski definition) is 7. The van der Waals surface area contributed by atoms with E-state index >= 15 is 0 Å². The highest BCUT2D eigenvalue weighted by Crippen LogP contribution is 2.34. The summed E-state index contributed by atoms with van der Waals surface area (Å²) in [5.41, 5.74) is 7.61. The van der Waals surface area contributed by atoms with Crippen molar-refractivity contribution in [3.63, 3.8) is 0 Å². The maximum atomic E-state index is 12.0. The first-order valence-electron chi connectivity index (χ1n) is 9.64. The van der Waals surface area contributed by atoms with Gasteiger partial charge in [-0.2, -0.15) is 5.10 Å².